The molecule has 2 aromatic carbocycles. The van der Waals surface area contributed by atoms with Crippen molar-refractivity contribution < 1.29 is 9.90 Å². The summed E-state index contributed by atoms with van der Waals surface area (Å²) in [7, 11) is 0. The minimum absolute atomic E-state index is 0.0252. The van der Waals surface area contributed by atoms with Crippen molar-refractivity contribution in [3.05, 3.63) is 65.2 Å². The zero-order chi connectivity index (χ0) is 17.6. The first-order valence-electron chi connectivity index (χ1n) is 8.24. The SMILES string of the molecule is CC(C)(N)Cc1cccc(CNC(=O)CCc2ccccc2O)c1. The molecule has 0 atom stereocenters. The van der Waals surface area contributed by atoms with Gasteiger partial charge < -0.3 is 16.2 Å². The van der Waals surface area contributed by atoms with E-state index in [0.29, 0.717) is 19.4 Å². The van der Waals surface area contributed by atoms with Crippen LogP contribution in [0.3, 0.4) is 0 Å². The molecular weight excluding hydrogens is 300 g/mol. The lowest BCUT2D eigenvalue weighted by molar-refractivity contribution is -0.121. The third-order valence-corrected chi connectivity index (χ3v) is 3.75. The molecule has 0 saturated carbocycles. The molecule has 0 heterocycles. The molecule has 0 bridgehead atoms. The Labute approximate surface area is 143 Å². The summed E-state index contributed by atoms with van der Waals surface area (Å²) in [6.07, 6.45) is 1.68. The Balaban J connectivity index is 1.83. The molecule has 4 N–H and O–H groups in total. The monoisotopic (exact) mass is 326 g/mol. The van der Waals surface area contributed by atoms with Crippen LogP contribution in [0.25, 0.3) is 0 Å². The second-order valence-corrected chi connectivity index (χ2v) is 6.89. The number of nitrogens with two attached hydrogens (primary N) is 1. The minimum atomic E-state index is -0.250. The molecule has 0 aliphatic rings. The fraction of sp³-hybridized carbons (Fsp3) is 0.350. The van der Waals surface area contributed by atoms with E-state index < -0.39 is 0 Å². The first-order valence-corrected chi connectivity index (χ1v) is 8.24. The van der Waals surface area contributed by atoms with Crippen LogP contribution < -0.4 is 11.1 Å². The highest BCUT2D eigenvalue weighted by atomic mass is 16.3. The van der Waals surface area contributed by atoms with Crippen LogP contribution >= 0.6 is 0 Å². The van der Waals surface area contributed by atoms with Crippen LogP contribution in [-0.2, 0) is 24.2 Å². The fourth-order valence-electron chi connectivity index (χ4n) is 2.64. The van der Waals surface area contributed by atoms with E-state index in [4.69, 9.17) is 5.73 Å². The third-order valence-electron chi connectivity index (χ3n) is 3.75. The van der Waals surface area contributed by atoms with Crippen LogP contribution in [0.5, 0.6) is 5.75 Å². The van der Waals surface area contributed by atoms with Crippen LogP contribution in [0.2, 0.25) is 0 Å². The molecule has 128 valence electrons. The summed E-state index contributed by atoms with van der Waals surface area (Å²) in [5, 5.41) is 12.6. The van der Waals surface area contributed by atoms with Gasteiger partial charge in [-0.2, -0.15) is 0 Å². The van der Waals surface area contributed by atoms with Gasteiger partial charge in [0.15, 0.2) is 0 Å². The highest BCUT2D eigenvalue weighted by Crippen LogP contribution is 2.17. The minimum Gasteiger partial charge on any atom is -0.508 e. The molecule has 1 amide bonds. The van der Waals surface area contributed by atoms with Gasteiger partial charge in [0.05, 0.1) is 0 Å². The molecule has 4 nitrogen and oxygen atoms in total. The van der Waals surface area contributed by atoms with E-state index >= 15 is 0 Å². The van der Waals surface area contributed by atoms with Crippen LogP contribution in [0.1, 0.15) is 37.0 Å². The summed E-state index contributed by atoms with van der Waals surface area (Å²) in [5.41, 5.74) is 8.83. The lowest BCUT2D eigenvalue weighted by Gasteiger charge is -2.18. The van der Waals surface area contributed by atoms with Crippen molar-refractivity contribution in [2.24, 2.45) is 5.73 Å². The van der Waals surface area contributed by atoms with Crippen molar-refractivity contribution >= 4 is 5.91 Å². The molecule has 24 heavy (non-hydrogen) atoms. The van der Waals surface area contributed by atoms with Gasteiger partial charge in [-0.3, -0.25) is 4.79 Å². The van der Waals surface area contributed by atoms with Crippen molar-refractivity contribution in [2.75, 3.05) is 0 Å². The number of phenolic OH excluding ortho intramolecular Hbond substituents is 1. The number of nitrogens with one attached hydrogen (secondary N) is 1. The summed E-state index contributed by atoms with van der Waals surface area (Å²) in [5.74, 6) is 0.213. The van der Waals surface area contributed by atoms with Gasteiger partial charge in [0, 0.05) is 18.5 Å². The van der Waals surface area contributed by atoms with Crippen molar-refractivity contribution in [1.29, 1.82) is 0 Å². The summed E-state index contributed by atoms with van der Waals surface area (Å²) < 4.78 is 0. The maximum atomic E-state index is 12.0. The highest BCUT2D eigenvalue weighted by molar-refractivity contribution is 5.76. The Kier molecular flexibility index (Phi) is 5.99. The Morgan fingerprint density at radius 2 is 1.83 bits per heavy atom. The Morgan fingerprint density at radius 1 is 1.12 bits per heavy atom. The van der Waals surface area contributed by atoms with Crippen molar-refractivity contribution in [2.45, 2.75) is 45.2 Å². The predicted molar refractivity (Wildman–Crippen MR) is 96.7 cm³/mol. The van der Waals surface area contributed by atoms with E-state index in [9.17, 15) is 9.90 Å². The highest BCUT2D eigenvalue weighted by Gasteiger charge is 2.12. The normalized spacial score (nSPS) is 11.3. The molecule has 4 heteroatoms. The number of benzene rings is 2. The molecule has 0 spiro atoms. The number of hydrogen-bond acceptors (Lipinski definition) is 3. The van der Waals surface area contributed by atoms with Crippen molar-refractivity contribution in [3.63, 3.8) is 0 Å². The first-order chi connectivity index (χ1) is 11.3. The topological polar surface area (TPSA) is 75.3 Å². The van der Waals surface area contributed by atoms with Crippen LogP contribution in [0, 0.1) is 0 Å². The molecule has 0 radical (unpaired) electrons. The van der Waals surface area contributed by atoms with Gasteiger partial charge in [-0.15, -0.1) is 0 Å². The van der Waals surface area contributed by atoms with Crippen molar-refractivity contribution in [1.82, 2.24) is 5.32 Å². The standard InChI is InChI=1S/C20H26N2O2/c1-20(2,21)13-15-6-5-7-16(12-15)14-22-19(24)11-10-17-8-3-4-9-18(17)23/h3-9,12,23H,10-11,13-14,21H2,1-2H3,(H,22,24). The van der Waals surface area contributed by atoms with Gasteiger partial charge in [-0.25, -0.2) is 0 Å². The summed E-state index contributed by atoms with van der Waals surface area (Å²) in [6.45, 7) is 4.50. The molecule has 0 unspecified atom stereocenters. The smallest absolute Gasteiger partial charge is 0.220 e. The number of para-hydroxylation sites is 1. The summed E-state index contributed by atoms with van der Waals surface area (Å²) in [6, 6.07) is 15.2. The number of carbonyl (C=O) groups excluding carboxylic acids is 1. The molecule has 0 fully saturated rings. The Hall–Kier alpha value is -2.33. The van der Waals surface area contributed by atoms with Gasteiger partial charge in [0.1, 0.15) is 5.75 Å². The van der Waals surface area contributed by atoms with Crippen LogP contribution in [0.15, 0.2) is 48.5 Å². The van der Waals surface area contributed by atoms with Gasteiger partial charge in [-0.1, -0.05) is 42.5 Å². The van der Waals surface area contributed by atoms with Crippen LogP contribution in [-0.4, -0.2) is 16.6 Å². The van der Waals surface area contributed by atoms with E-state index in [1.165, 1.54) is 5.56 Å². The van der Waals surface area contributed by atoms with E-state index in [0.717, 1.165) is 17.5 Å². The fourth-order valence-corrected chi connectivity index (χ4v) is 2.64. The lowest BCUT2D eigenvalue weighted by Crippen LogP contribution is -2.34. The average molecular weight is 326 g/mol. The van der Waals surface area contributed by atoms with Crippen LogP contribution in [0.4, 0.5) is 0 Å². The van der Waals surface area contributed by atoms with E-state index in [1.807, 2.05) is 38.1 Å². The largest absolute Gasteiger partial charge is 0.508 e. The maximum Gasteiger partial charge on any atom is 0.220 e. The zero-order valence-electron chi connectivity index (χ0n) is 14.4. The number of rotatable bonds is 7. The molecule has 0 aliphatic heterocycles. The van der Waals surface area contributed by atoms with E-state index in [2.05, 4.69) is 17.4 Å². The Morgan fingerprint density at radius 3 is 2.54 bits per heavy atom. The Bertz CT molecular complexity index is 690. The second-order valence-electron chi connectivity index (χ2n) is 6.89. The van der Waals surface area contributed by atoms with E-state index in [1.54, 1.807) is 12.1 Å². The molecule has 0 aromatic heterocycles. The quantitative estimate of drug-likeness (QED) is 0.732. The first kappa shape index (κ1) is 18.0. The molecule has 2 aromatic rings. The number of carbonyl (C=O) groups is 1. The van der Waals surface area contributed by atoms with E-state index in [-0.39, 0.29) is 17.2 Å². The van der Waals surface area contributed by atoms with Gasteiger partial charge >= 0.3 is 0 Å². The average Bonchev–Trinajstić information content (AvgIpc) is 2.51. The number of hydrogen-bond donors (Lipinski definition) is 3. The number of aryl methyl sites for hydroxylation is 1. The number of amides is 1. The second kappa shape index (κ2) is 7.97. The van der Waals surface area contributed by atoms with Crippen molar-refractivity contribution in [3.8, 4) is 5.75 Å². The predicted octanol–water partition coefficient (Wildman–Crippen LogP) is 2.92. The molecule has 0 saturated heterocycles. The summed E-state index contributed by atoms with van der Waals surface area (Å²) in [4.78, 5) is 12.0. The number of phenols is 1. The molecular formula is C20H26N2O2. The molecule has 0 aliphatic carbocycles. The number of aromatic hydroxyl groups is 1. The third kappa shape index (κ3) is 6.05. The lowest BCUT2D eigenvalue weighted by atomic mass is 9.95. The van der Waals surface area contributed by atoms with Gasteiger partial charge in [-0.05, 0) is 49.4 Å². The zero-order valence-corrected chi connectivity index (χ0v) is 14.4. The van der Waals surface area contributed by atoms with Gasteiger partial charge in [0.2, 0.25) is 5.91 Å². The maximum absolute atomic E-state index is 12.0. The van der Waals surface area contributed by atoms with Gasteiger partial charge in [0.25, 0.3) is 0 Å². The molecule has 2 rings (SSSR count). The summed E-state index contributed by atoms with van der Waals surface area (Å²) >= 11 is 0.